The maximum absolute atomic E-state index is 12.0. The first kappa shape index (κ1) is 14.0. The van der Waals surface area contributed by atoms with Crippen molar-refractivity contribution in [3.05, 3.63) is 35.4 Å². The van der Waals surface area contributed by atoms with Crippen molar-refractivity contribution in [2.24, 2.45) is 5.73 Å². The highest BCUT2D eigenvalue weighted by atomic mass is 16.2. The molecule has 6 nitrogen and oxygen atoms in total. The number of hydrogen-bond donors (Lipinski definition) is 3. The number of carbonyl (C=O) groups is 2. The molecule has 1 aromatic rings. The van der Waals surface area contributed by atoms with Gasteiger partial charge in [0, 0.05) is 18.7 Å². The van der Waals surface area contributed by atoms with Gasteiger partial charge < -0.3 is 16.0 Å². The Labute approximate surface area is 117 Å². The van der Waals surface area contributed by atoms with Gasteiger partial charge >= 0.3 is 0 Å². The number of nitrogens with one attached hydrogen (secondary N) is 2. The molecule has 1 heterocycles. The van der Waals surface area contributed by atoms with Crippen molar-refractivity contribution < 1.29 is 9.59 Å². The van der Waals surface area contributed by atoms with Crippen molar-refractivity contribution in [2.75, 3.05) is 6.54 Å². The van der Waals surface area contributed by atoms with E-state index < -0.39 is 0 Å². The summed E-state index contributed by atoms with van der Waals surface area (Å²) >= 11 is 0. The molecule has 0 spiro atoms. The zero-order valence-corrected chi connectivity index (χ0v) is 11.1. The summed E-state index contributed by atoms with van der Waals surface area (Å²) in [7, 11) is 0. The van der Waals surface area contributed by atoms with Gasteiger partial charge in [-0.3, -0.25) is 15.0 Å². The number of hydrogen-bond acceptors (Lipinski definition) is 3. The van der Waals surface area contributed by atoms with E-state index in [1.54, 1.807) is 12.1 Å². The van der Waals surface area contributed by atoms with E-state index in [4.69, 9.17) is 11.1 Å². The Hall–Kier alpha value is -2.37. The molecule has 0 bridgehead atoms. The smallest absolute Gasteiger partial charge is 0.243 e. The van der Waals surface area contributed by atoms with Gasteiger partial charge in [0.2, 0.25) is 12.3 Å². The maximum Gasteiger partial charge on any atom is 0.243 e. The van der Waals surface area contributed by atoms with E-state index in [9.17, 15) is 9.59 Å². The Morgan fingerprint density at radius 1 is 1.45 bits per heavy atom. The third-order valence-electron chi connectivity index (χ3n) is 3.46. The molecule has 1 fully saturated rings. The van der Waals surface area contributed by atoms with Gasteiger partial charge in [0.15, 0.2) is 0 Å². The van der Waals surface area contributed by atoms with Crippen molar-refractivity contribution in [1.82, 2.24) is 10.2 Å². The van der Waals surface area contributed by atoms with Gasteiger partial charge in [0.1, 0.15) is 11.9 Å². The Morgan fingerprint density at radius 3 is 2.75 bits per heavy atom. The average molecular weight is 274 g/mol. The molecule has 1 aliphatic rings. The lowest BCUT2D eigenvalue weighted by Crippen LogP contribution is -2.42. The summed E-state index contributed by atoms with van der Waals surface area (Å²) in [6.45, 7) is 1.05. The molecule has 1 unspecified atom stereocenters. The Bertz CT molecular complexity index is 512. The van der Waals surface area contributed by atoms with Crippen molar-refractivity contribution in [3.63, 3.8) is 0 Å². The lowest BCUT2D eigenvalue weighted by atomic mass is 10.1. The van der Waals surface area contributed by atoms with Gasteiger partial charge in [-0.1, -0.05) is 24.3 Å². The number of amides is 2. The largest absolute Gasteiger partial charge is 0.384 e. The van der Waals surface area contributed by atoms with E-state index in [1.165, 1.54) is 4.90 Å². The van der Waals surface area contributed by atoms with Crippen LogP contribution in [0.3, 0.4) is 0 Å². The molecule has 1 atom stereocenters. The Morgan fingerprint density at radius 2 is 2.15 bits per heavy atom. The fourth-order valence-electron chi connectivity index (χ4n) is 2.31. The third kappa shape index (κ3) is 3.14. The van der Waals surface area contributed by atoms with Crippen molar-refractivity contribution in [2.45, 2.75) is 25.4 Å². The Kier molecular flexibility index (Phi) is 4.34. The highest BCUT2D eigenvalue weighted by molar-refractivity contribution is 5.94. The zero-order valence-electron chi connectivity index (χ0n) is 11.1. The van der Waals surface area contributed by atoms with Crippen LogP contribution in [0.2, 0.25) is 0 Å². The maximum atomic E-state index is 12.0. The summed E-state index contributed by atoms with van der Waals surface area (Å²) in [6.07, 6.45) is 2.32. The quantitative estimate of drug-likeness (QED) is 0.406. The van der Waals surface area contributed by atoms with Gasteiger partial charge in [-0.15, -0.1) is 0 Å². The molecule has 0 radical (unpaired) electrons. The molecule has 2 amide bonds. The van der Waals surface area contributed by atoms with Crippen molar-refractivity contribution >= 4 is 18.2 Å². The molecule has 6 heteroatoms. The van der Waals surface area contributed by atoms with E-state index in [2.05, 4.69) is 5.32 Å². The summed E-state index contributed by atoms with van der Waals surface area (Å²) in [4.78, 5) is 24.3. The molecule has 106 valence electrons. The van der Waals surface area contributed by atoms with Crippen LogP contribution >= 0.6 is 0 Å². The number of nitrogens with zero attached hydrogens (tertiary/aromatic N) is 1. The van der Waals surface area contributed by atoms with E-state index in [-0.39, 0.29) is 17.8 Å². The molecular formula is C14H18N4O2. The number of amidine groups is 1. The van der Waals surface area contributed by atoms with Crippen molar-refractivity contribution in [1.29, 1.82) is 5.41 Å². The number of carbonyl (C=O) groups excluding carboxylic acids is 2. The predicted octanol–water partition coefficient (Wildman–Crippen LogP) is 0.208. The number of nitrogens with two attached hydrogens (primary N) is 1. The summed E-state index contributed by atoms with van der Waals surface area (Å²) in [5.41, 5.74) is 6.96. The van der Waals surface area contributed by atoms with E-state index >= 15 is 0 Å². The minimum absolute atomic E-state index is 0.0214. The highest BCUT2D eigenvalue weighted by Gasteiger charge is 2.29. The van der Waals surface area contributed by atoms with Crippen LogP contribution in [-0.4, -0.2) is 35.6 Å². The number of likely N-dealkylation sites (tertiary alicyclic amines) is 1. The second-order valence-electron chi connectivity index (χ2n) is 4.83. The van der Waals surface area contributed by atoms with E-state index in [0.29, 0.717) is 25.1 Å². The minimum Gasteiger partial charge on any atom is -0.384 e. The van der Waals surface area contributed by atoms with Crippen LogP contribution in [0, 0.1) is 5.41 Å². The summed E-state index contributed by atoms with van der Waals surface area (Å²) < 4.78 is 0. The third-order valence-corrected chi connectivity index (χ3v) is 3.46. The first-order valence-corrected chi connectivity index (χ1v) is 6.54. The van der Waals surface area contributed by atoms with E-state index in [1.807, 2.05) is 12.1 Å². The van der Waals surface area contributed by atoms with Crippen LogP contribution < -0.4 is 11.1 Å². The molecular weight excluding hydrogens is 256 g/mol. The van der Waals surface area contributed by atoms with Crippen molar-refractivity contribution in [3.8, 4) is 0 Å². The first-order chi connectivity index (χ1) is 9.61. The first-order valence-electron chi connectivity index (χ1n) is 6.54. The topological polar surface area (TPSA) is 99.3 Å². The summed E-state index contributed by atoms with van der Waals surface area (Å²) in [5.74, 6) is -0.0987. The van der Waals surface area contributed by atoms with Gasteiger partial charge in [-0.25, -0.2) is 0 Å². The zero-order chi connectivity index (χ0) is 14.5. The molecule has 4 N–H and O–H groups in total. The number of nitrogen functional groups attached to an aromatic ring is 1. The molecule has 0 aliphatic carbocycles. The molecule has 0 aromatic heterocycles. The minimum atomic E-state index is -0.344. The molecule has 0 saturated carbocycles. The second-order valence-corrected chi connectivity index (χ2v) is 4.83. The summed E-state index contributed by atoms with van der Waals surface area (Å²) in [6, 6.07) is 6.80. The highest BCUT2D eigenvalue weighted by Crippen LogP contribution is 2.15. The second kappa shape index (κ2) is 6.18. The van der Waals surface area contributed by atoms with Gasteiger partial charge in [-0.05, 0) is 18.4 Å². The fourth-order valence-corrected chi connectivity index (χ4v) is 2.31. The molecule has 1 aliphatic heterocycles. The van der Waals surface area contributed by atoms with E-state index in [0.717, 1.165) is 18.4 Å². The van der Waals surface area contributed by atoms with Crippen LogP contribution in [0.5, 0.6) is 0 Å². The fraction of sp³-hybridized carbons (Fsp3) is 0.357. The van der Waals surface area contributed by atoms with Crippen LogP contribution in [0.1, 0.15) is 24.0 Å². The lowest BCUT2D eigenvalue weighted by Gasteiger charge is -2.19. The van der Waals surface area contributed by atoms with Gasteiger partial charge in [0.05, 0.1) is 0 Å². The van der Waals surface area contributed by atoms with Crippen LogP contribution in [0.15, 0.2) is 24.3 Å². The average Bonchev–Trinajstić information content (AvgIpc) is 2.93. The molecule has 1 aromatic carbocycles. The van der Waals surface area contributed by atoms with Gasteiger partial charge in [0.25, 0.3) is 0 Å². The van der Waals surface area contributed by atoms with Crippen LogP contribution in [0.25, 0.3) is 0 Å². The number of rotatable bonds is 5. The normalized spacial score (nSPS) is 17.8. The van der Waals surface area contributed by atoms with Crippen LogP contribution in [-0.2, 0) is 16.1 Å². The molecule has 2 rings (SSSR count). The summed E-state index contributed by atoms with van der Waals surface area (Å²) in [5, 5.41) is 10.1. The molecule has 20 heavy (non-hydrogen) atoms. The van der Waals surface area contributed by atoms with Crippen LogP contribution in [0.4, 0.5) is 0 Å². The lowest BCUT2D eigenvalue weighted by molar-refractivity contribution is -0.131. The monoisotopic (exact) mass is 274 g/mol. The molecule has 1 saturated heterocycles. The predicted molar refractivity (Wildman–Crippen MR) is 75.1 cm³/mol. The SMILES string of the molecule is N=C(N)c1ccc(CNC(=O)C2CCCN2C=O)cc1. The standard InChI is InChI=1S/C14H18N4O2/c15-13(16)11-5-3-10(4-6-11)8-17-14(20)12-2-1-7-18(12)9-19/h3-6,9,12H,1-2,7-8H2,(H3,15,16)(H,17,20). The Balaban J connectivity index is 1.90. The number of benzene rings is 1. The van der Waals surface area contributed by atoms with Gasteiger partial charge in [-0.2, -0.15) is 0 Å².